The van der Waals surface area contributed by atoms with Gasteiger partial charge in [0.2, 0.25) is 0 Å². The van der Waals surface area contributed by atoms with Crippen molar-refractivity contribution in [3.63, 3.8) is 0 Å². The van der Waals surface area contributed by atoms with Crippen molar-refractivity contribution < 1.29 is 9.53 Å². The van der Waals surface area contributed by atoms with Crippen LogP contribution in [-0.4, -0.2) is 30.0 Å². The van der Waals surface area contributed by atoms with Gasteiger partial charge in [-0.05, 0) is 48.0 Å². The molecule has 0 atom stereocenters. The summed E-state index contributed by atoms with van der Waals surface area (Å²) in [5, 5.41) is 0. The highest BCUT2D eigenvalue weighted by molar-refractivity contribution is 9.10. The molecule has 0 fully saturated rings. The van der Waals surface area contributed by atoms with Gasteiger partial charge in [-0.15, -0.1) is 13.2 Å². The summed E-state index contributed by atoms with van der Waals surface area (Å²) in [6.07, 6.45) is 3.49. The summed E-state index contributed by atoms with van der Waals surface area (Å²) < 4.78 is 6.40. The Kier molecular flexibility index (Phi) is 6.52. The van der Waals surface area contributed by atoms with Gasteiger partial charge in [0, 0.05) is 18.7 Å². The number of hydrogen-bond acceptors (Lipinski definition) is 2. The van der Waals surface area contributed by atoms with E-state index in [-0.39, 0.29) is 12.0 Å². The minimum absolute atomic E-state index is 0.0541. The van der Waals surface area contributed by atoms with Crippen molar-refractivity contribution in [2.45, 2.75) is 20.0 Å². The molecule has 20 heavy (non-hydrogen) atoms. The average Bonchev–Trinajstić information content (AvgIpc) is 2.39. The second kappa shape index (κ2) is 7.90. The Morgan fingerprint density at radius 2 is 1.95 bits per heavy atom. The third kappa shape index (κ3) is 4.53. The van der Waals surface area contributed by atoms with Crippen molar-refractivity contribution in [1.29, 1.82) is 0 Å². The molecule has 0 heterocycles. The molecule has 0 radical (unpaired) electrons. The van der Waals surface area contributed by atoms with Crippen LogP contribution in [0.2, 0.25) is 0 Å². The van der Waals surface area contributed by atoms with Crippen molar-refractivity contribution in [3.8, 4) is 5.75 Å². The number of halogens is 1. The number of benzene rings is 1. The maximum absolute atomic E-state index is 12.4. The third-order valence-electron chi connectivity index (χ3n) is 2.53. The van der Waals surface area contributed by atoms with Crippen molar-refractivity contribution in [3.05, 3.63) is 53.5 Å². The lowest BCUT2D eigenvalue weighted by atomic mass is 10.2. The molecule has 0 bridgehead atoms. The number of rotatable bonds is 7. The van der Waals surface area contributed by atoms with Crippen molar-refractivity contribution in [1.82, 2.24) is 4.90 Å². The summed E-state index contributed by atoms with van der Waals surface area (Å²) in [7, 11) is 0. The van der Waals surface area contributed by atoms with Crippen LogP contribution in [0.25, 0.3) is 0 Å². The van der Waals surface area contributed by atoms with E-state index in [0.29, 0.717) is 18.7 Å². The highest BCUT2D eigenvalue weighted by atomic mass is 79.9. The van der Waals surface area contributed by atoms with Crippen LogP contribution in [0, 0.1) is 0 Å². The zero-order valence-electron chi connectivity index (χ0n) is 11.9. The zero-order chi connectivity index (χ0) is 15.1. The van der Waals surface area contributed by atoms with Gasteiger partial charge < -0.3 is 9.64 Å². The Morgan fingerprint density at radius 1 is 1.35 bits per heavy atom. The summed E-state index contributed by atoms with van der Waals surface area (Å²) in [6, 6.07) is 5.35. The quantitative estimate of drug-likeness (QED) is 0.702. The standard InChI is InChI=1S/C16H20BrNO2/c1-5-9-18(10-6-2)16(19)13-7-8-15(14(17)11-13)20-12(3)4/h5-8,11-12H,1-2,9-10H2,3-4H3. The molecule has 0 aliphatic rings. The third-order valence-corrected chi connectivity index (χ3v) is 3.15. The maximum Gasteiger partial charge on any atom is 0.254 e. The van der Waals surface area contributed by atoms with Crippen LogP contribution < -0.4 is 4.74 Å². The van der Waals surface area contributed by atoms with Crippen LogP contribution in [0.15, 0.2) is 48.0 Å². The first-order valence-corrected chi connectivity index (χ1v) is 7.26. The van der Waals surface area contributed by atoms with Gasteiger partial charge in [-0.1, -0.05) is 12.2 Å². The normalized spacial score (nSPS) is 10.2. The molecule has 0 aliphatic heterocycles. The first kappa shape index (κ1) is 16.5. The van der Waals surface area contributed by atoms with Gasteiger partial charge in [0.05, 0.1) is 10.6 Å². The molecule has 0 spiro atoms. The molecule has 1 rings (SSSR count). The molecule has 1 aromatic rings. The number of carbonyl (C=O) groups excluding carboxylic acids is 1. The SMILES string of the molecule is C=CCN(CC=C)C(=O)c1ccc(OC(C)C)c(Br)c1. The number of ether oxygens (including phenoxy) is 1. The molecule has 4 heteroatoms. The van der Waals surface area contributed by atoms with Gasteiger partial charge in [0.25, 0.3) is 5.91 Å². The summed E-state index contributed by atoms with van der Waals surface area (Å²) >= 11 is 3.43. The van der Waals surface area contributed by atoms with Crippen molar-refractivity contribution in [2.24, 2.45) is 0 Å². The van der Waals surface area contributed by atoms with E-state index in [1.54, 1.807) is 35.3 Å². The molecular formula is C16H20BrNO2. The Morgan fingerprint density at radius 3 is 2.40 bits per heavy atom. The second-order valence-electron chi connectivity index (χ2n) is 4.60. The largest absolute Gasteiger partial charge is 0.490 e. The van der Waals surface area contributed by atoms with Gasteiger partial charge in [-0.25, -0.2) is 0 Å². The summed E-state index contributed by atoms with van der Waals surface area (Å²) in [5.74, 6) is 0.678. The molecule has 1 amide bonds. The van der Waals surface area contributed by atoms with Crippen LogP contribution in [0.1, 0.15) is 24.2 Å². The predicted octanol–water partition coefficient (Wildman–Crippen LogP) is 4.05. The molecule has 1 aromatic carbocycles. The molecule has 0 N–H and O–H groups in total. The Bertz CT molecular complexity index is 487. The van der Waals surface area contributed by atoms with E-state index in [0.717, 1.165) is 10.2 Å². The lowest BCUT2D eigenvalue weighted by Crippen LogP contribution is -2.31. The molecule has 3 nitrogen and oxygen atoms in total. The smallest absolute Gasteiger partial charge is 0.254 e. The van der Waals surface area contributed by atoms with Gasteiger partial charge in [-0.2, -0.15) is 0 Å². The van der Waals surface area contributed by atoms with E-state index < -0.39 is 0 Å². The summed E-state index contributed by atoms with van der Waals surface area (Å²) in [5.41, 5.74) is 0.608. The molecule has 0 unspecified atom stereocenters. The maximum atomic E-state index is 12.4. The topological polar surface area (TPSA) is 29.5 Å². The predicted molar refractivity (Wildman–Crippen MR) is 86.2 cm³/mol. The van der Waals surface area contributed by atoms with E-state index in [1.165, 1.54) is 0 Å². The number of nitrogens with zero attached hydrogens (tertiary/aromatic N) is 1. The number of carbonyl (C=O) groups is 1. The lowest BCUT2D eigenvalue weighted by Gasteiger charge is -2.20. The first-order chi connectivity index (χ1) is 9.49. The molecule has 0 saturated carbocycles. The molecule has 0 aliphatic carbocycles. The monoisotopic (exact) mass is 337 g/mol. The number of amides is 1. The Hall–Kier alpha value is -1.55. The molecule has 0 aromatic heterocycles. The number of hydrogen-bond donors (Lipinski definition) is 0. The fourth-order valence-electron chi connectivity index (χ4n) is 1.72. The highest BCUT2D eigenvalue weighted by Crippen LogP contribution is 2.27. The van der Waals surface area contributed by atoms with E-state index in [9.17, 15) is 4.79 Å². The lowest BCUT2D eigenvalue weighted by molar-refractivity contribution is 0.0790. The minimum atomic E-state index is -0.0541. The summed E-state index contributed by atoms with van der Waals surface area (Å²) in [4.78, 5) is 14.1. The van der Waals surface area contributed by atoms with Crippen LogP contribution in [-0.2, 0) is 0 Å². The first-order valence-electron chi connectivity index (χ1n) is 6.46. The van der Waals surface area contributed by atoms with Gasteiger partial charge in [-0.3, -0.25) is 4.79 Å². The van der Waals surface area contributed by atoms with E-state index in [1.807, 2.05) is 13.8 Å². The fraction of sp³-hybridized carbons (Fsp3) is 0.312. The van der Waals surface area contributed by atoms with Crippen molar-refractivity contribution in [2.75, 3.05) is 13.1 Å². The fourth-order valence-corrected chi connectivity index (χ4v) is 2.19. The van der Waals surface area contributed by atoms with E-state index in [2.05, 4.69) is 29.1 Å². The second-order valence-corrected chi connectivity index (χ2v) is 5.45. The summed E-state index contributed by atoms with van der Waals surface area (Å²) in [6.45, 7) is 12.2. The molecule has 108 valence electrons. The van der Waals surface area contributed by atoms with E-state index >= 15 is 0 Å². The highest BCUT2D eigenvalue weighted by Gasteiger charge is 2.15. The van der Waals surface area contributed by atoms with Gasteiger partial charge in [0.1, 0.15) is 5.75 Å². The van der Waals surface area contributed by atoms with Crippen molar-refractivity contribution >= 4 is 21.8 Å². The zero-order valence-corrected chi connectivity index (χ0v) is 13.5. The van der Waals surface area contributed by atoms with Gasteiger partial charge >= 0.3 is 0 Å². The van der Waals surface area contributed by atoms with Crippen LogP contribution in [0.4, 0.5) is 0 Å². The molecular weight excluding hydrogens is 318 g/mol. The Labute approximate surface area is 129 Å². The van der Waals surface area contributed by atoms with E-state index in [4.69, 9.17) is 4.74 Å². The molecule has 0 saturated heterocycles. The average molecular weight is 338 g/mol. The minimum Gasteiger partial charge on any atom is -0.490 e. The Balaban J connectivity index is 2.95. The van der Waals surface area contributed by atoms with Crippen LogP contribution in [0.3, 0.4) is 0 Å². The van der Waals surface area contributed by atoms with Gasteiger partial charge in [0.15, 0.2) is 0 Å². The van der Waals surface area contributed by atoms with Crippen LogP contribution in [0.5, 0.6) is 5.75 Å². The van der Waals surface area contributed by atoms with Crippen LogP contribution >= 0.6 is 15.9 Å².